The molecule has 0 heterocycles. The number of non-ortho nitro benzene ring substituents is 1. The van der Waals surface area contributed by atoms with Crippen LogP contribution in [0.4, 0.5) is 5.69 Å². The fourth-order valence-electron chi connectivity index (χ4n) is 1.58. The lowest BCUT2D eigenvalue weighted by Gasteiger charge is -2.00. The maximum absolute atomic E-state index is 10.6. The van der Waals surface area contributed by atoms with Crippen molar-refractivity contribution in [2.45, 2.75) is 0 Å². The van der Waals surface area contributed by atoms with Crippen LogP contribution in [-0.4, -0.2) is 4.92 Å². The van der Waals surface area contributed by atoms with Gasteiger partial charge in [-0.25, -0.2) is 0 Å². The highest BCUT2D eigenvalue weighted by Gasteiger charge is 2.09. The highest BCUT2D eigenvalue weighted by Crippen LogP contribution is 2.23. The Labute approximate surface area is 96.3 Å². The molecular formula is C12H5N3O2. The fourth-order valence-corrected chi connectivity index (χ4v) is 1.58. The molecule has 0 unspecified atom stereocenters. The van der Waals surface area contributed by atoms with Crippen LogP contribution in [-0.2, 0) is 0 Å². The largest absolute Gasteiger partial charge is 0.270 e. The molecule has 0 bridgehead atoms. The van der Waals surface area contributed by atoms with Gasteiger partial charge in [0, 0.05) is 12.1 Å². The third-order valence-electron chi connectivity index (χ3n) is 2.41. The minimum absolute atomic E-state index is 0.0360. The second-order valence-corrected chi connectivity index (χ2v) is 3.41. The molecule has 80 valence electrons. The molecule has 0 saturated heterocycles. The van der Waals surface area contributed by atoms with Crippen molar-refractivity contribution in [1.29, 1.82) is 10.5 Å². The van der Waals surface area contributed by atoms with Crippen LogP contribution in [0, 0.1) is 32.8 Å². The lowest BCUT2D eigenvalue weighted by molar-refractivity contribution is -0.384. The molecule has 5 heteroatoms. The lowest BCUT2D eigenvalue weighted by atomic mass is 10.0. The van der Waals surface area contributed by atoms with E-state index < -0.39 is 4.92 Å². The monoisotopic (exact) mass is 223 g/mol. The SMILES string of the molecule is N#Cc1cc2ccc([N+](=O)[O-])cc2cc1C#N. The molecule has 0 atom stereocenters. The van der Waals surface area contributed by atoms with E-state index >= 15 is 0 Å². The zero-order valence-corrected chi connectivity index (χ0v) is 8.54. The van der Waals surface area contributed by atoms with Crippen LogP contribution in [0.5, 0.6) is 0 Å². The minimum atomic E-state index is -0.496. The maximum Gasteiger partial charge on any atom is 0.270 e. The number of nitro groups is 1. The number of hydrogen-bond acceptors (Lipinski definition) is 4. The summed E-state index contributed by atoms with van der Waals surface area (Å²) >= 11 is 0. The summed E-state index contributed by atoms with van der Waals surface area (Å²) in [5.41, 5.74) is 0.459. The number of nitriles is 2. The van der Waals surface area contributed by atoms with Gasteiger partial charge in [0.2, 0.25) is 0 Å². The van der Waals surface area contributed by atoms with Gasteiger partial charge >= 0.3 is 0 Å². The Hall–Kier alpha value is -2.92. The first-order valence-corrected chi connectivity index (χ1v) is 4.68. The fraction of sp³-hybridized carbons (Fsp3) is 0. The average molecular weight is 223 g/mol. The minimum Gasteiger partial charge on any atom is -0.258 e. The molecule has 2 rings (SSSR count). The van der Waals surface area contributed by atoms with Crippen LogP contribution in [0.2, 0.25) is 0 Å². The molecule has 2 aromatic rings. The van der Waals surface area contributed by atoms with Crippen molar-refractivity contribution in [1.82, 2.24) is 0 Å². The van der Waals surface area contributed by atoms with Gasteiger partial charge in [-0.1, -0.05) is 0 Å². The van der Waals surface area contributed by atoms with E-state index in [0.29, 0.717) is 10.8 Å². The van der Waals surface area contributed by atoms with Gasteiger partial charge < -0.3 is 0 Å². The van der Waals surface area contributed by atoms with Crippen LogP contribution in [0.25, 0.3) is 10.8 Å². The Balaban J connectivity index is 2.77. The van der Waals surface area contributed by atoms with E-state index in [4.69, 9.17) is 10.5 Å². The van der Waals surface area contributed by atoms with Gasteiger partial charge in [-0.3, -0.25) is 10.1 Å². The van der Waals surface area contributed by atoms with E-state index in [9.17, 15) is 10.1 Å². The molecule has 0 N–H and O–H groups in total. The summed E-state index contributed by atoms with van der Waals surface area (Å²) in [6, 6.07) is 11.2. The number of rotatable bonds is 1. The van der Waals surface area contributed by atoms with Gasteiger partial charge in [0.05, 0.1) is 16.1 Å². The molecule has 17 heavy (non-hydrogen) atoms. The van der Waals surface area contributed by atoms with Gasteiger partial charge in [-0.15, -0.1) is 0 Å². The summed E-state index contributed by atoms with van der Waals surface area (Å²) in [6.45, 7) is 0. The molecule has 0 spiro atoms. The highest BCUT2D eigenvalue weighted by molar-refractivity contribution is 5.87. The van der Waals surface area contributed by atoms with E-state index in [1.165, 1.54) is 18.2 Å². The Kier molecular flexibility index (Phi) is 2.44. The van der Waals surface area contributed by atoms with Crippen molar-refractivity contribution in [2.75, 3.05) is 0 Å². The first kappa shape index (κ1) is 10.6. The van der Waals surface area contributed by atoms with E-state index in [1.807, 2.05) is 12.1 Å². The molecule has 0 aliphatic heterocycles. The molecule has 0 aliphatic carbocycles. The van der Waals surface area contributed by atoms with Gasteiger partial charge in [-0.2, -0.15) is 10.5 Å². The maximum atomic E-state index is 10.6. The summed E-state index contributed by atoms with van der Waals surface area (Å²) in [5.74, 6) is 0. The standard InChI is InChI=1S/C12H5N3O2/c13-6-10-3-8-1-2-12(15(16)17)5-9(8)4-11(10)7-14/h1-5H. The Morgan fingerprint density at radius 1 is 1.00 bits per heavy atom. The van der Waals surface area contributed by atoms with Crippen molar-refractivity contribution < 1.29 is 4.92 Å². The molecule has 0 aliphatic rings. The Morgan fingerprint density at radius 2 is 1.59 bits per heavy atom. The van der Waals surface area contributed by atoms with E-state index in [2.05, 4.69) is 0 Å². The number of fused-ring (bicyclic) bond motifs is 1. The third kappa shape index (κ3) is 1.77. The zero-order chi connectivity index (χ0) is 12.4. The Bertz CT molecular complexity index is 708. The first-order chi connectivity index (χ1) is 8.15. The molecular weight excluding hydrogens is 218 g/mol. The van der Waals surface area contributed by atoms with Gasteiger partial charge in [0.25, 0.3) is 5.69 Å². The van der Waals surface area contributed by atoms with Crippen molar-refractivity contribution >= 4 is 16.5 Å². The lowest BCUT2D eigenvalue weighted by Crippen LogP contribution is -1.89. The average Bonchev–Trinajstić information content (AvgIpc) is 2.36. The summed E-state index contributed by atoms with van der Waals surface area (Å²) in [5, 5.41) is 29.6. The molecule has 0 amide bonds. The number of benzene rings is 2. The summed E-state index contributed by atoms with van der Waals surface area (Å²) < 4.78 is 0. The van der Waals surface area contributed by atoms with Gasteiger partial charge in [0.15, 0.2) is 0 Å². The highest BCUT2D eigenvalue weighted by atomic mass is 16.6. The van der Waals surface area contributed by atoms with Crippen LogP contribution in [0.3, 0.4) is 0 Å². The summed E-state index contributed by atoms with van der Waals surface area (Å²) in [6.07, 6.45) is 0. The van der Waals surface area contributed by atoms with Gasteiger partial charge in [-0.05, 0) is 29.0 Å². The smallest absolute Gasteiger partial charge is 0.258 e. The van der Waals surface area contributed by atoms with Crippen molar-refractivity contribution in [3.63, 3.8) is 0 Å². The second kappa shape index (κ2) is 3.92. The second-order valence-electron chi connectivity index (χ2n) is 3.41. The van der Waals surface area contributed by atoms with Crippen LogP contribution in [0.15, 0.2) is 30.3 Å². The van der Waals surface area contributed by atoms with E-state index in [0.717, 1.165) is 0 Å². The quantitative estimate of drug-likeness (QED) is 0.548. The van der Waals surface area contributed by atoms with Gasteiger partial charge in [0.1, 0.15) is 12.1 Å². The normalized spacial score (nSPS) is 9.53. The predicted octanol–water partition coefficient (Wildman–Crippen LogP) is 2.49. The third-order valence-corrected chi connectivity index (χ3v) is 2.41. The van der Waals surface area contributed by atoms with Crippen molar-refractivity contribution in [3.8, 4) is 12.1 Å². The molecule has 0 aromatic heterocycles. The van der Waals surface area contributed by atoms with Crippen molar-refractivity contribution in [2.24, 2.45) is 0 Å². The predicted molar refractivity (Wildman–Crippen MR) is 60.0 cm³/mol. The topological polar surface area (TPSA) is 90.7 Å². The summed E-state index contributed by atoms with van der Waals surface area (Å²) in [7, 11) is 0. The van der Waals surface area contributed by atoms with Crippen molar-refractivity contribution in [3.05, 3.63) is 51.6 Å². The number of nitro benzene ring substituents is 1. The van der Waals surface area contributed by atoms with E-state index in [-0.39, 0.29) is 16.8 Å². The molecule has 0 fully saturated rings. The van der Waals surface area contributed by atoms with Crippen LogP contribution < -0.4 is 0 Å². The first-order valence-electron chi connectivity index (χ1n) is 4.68. The number of nitrogens with zero attached hydrogens (tertiary/aromatic N) is 3. The van der Waals surface area contributed by atoms with Crippen LogP contribution >= 0.6 is 0 Å². The summed E-state index contributed by atoms with van der Waals surface area (Å²) in [4.78, 5) is 10.1. The zero-order valence-electron chi connectivity index (χ0n) is 8.54. The molecule has 2 aromatic carbocycles. The van der Waals surface area contributed by atoms with E-state index in [1.54, 1.807) is 12.1 Å². The number of hydrogen-bond donors (Lipinski definition) is 0. The molecule has 0 radical (unpaired) electrons. The molecule has 0 saturated carbocycles. The molecule has 5 nitrogen and oxygen atoms in total. The van der Waals surface area contributed by atoms with Crippen LogP contribution in [0.1, 0.15) is 11.1 Å². The Morgan fingerprint density at radius 3 is 2.12 bits per heavy atom.